The summed E-state index contributed by atoms with van der Waals surface area (Å²) < 4.78 is 5.56. The van der Waals surface area contributed by atoms with Crippen LogP contribution in [-0.2, 0) is 0 Å². The highest BCUT2D eigenvalue weighted by molar-refractivity contribution is 6.31. The first-order valence-electron chi connectivity index (χ1n) is 9.84. The van der Waals surface area contributed by atoms with Gasteiger partial charge in [0.1, 0.15) is 17.7 Å². The third kappa shape index (κ3) is 4.46. The van der Waals surface area contributed by atoms with Crippen molar-refractivity contribution in [1.82, 2.24) is 5.32 Å². The monoisotopic (exact) mass is 440 g/mol. The van der Waals surface area contributed by atoms with Crippen LogP contribution in [0.5, 0.6) is 11.5 Å². The van der Waals surface area contributed by atoms with Crippen LogP contribution >= 0.6 is 23.2 Å². The van der Waals surface area contributed by atoms with E-state index in [1.807, 2.05) is 55.5 Å². The van der Waals surface area contributed by atoms with Crippen LogP contribution < -0.4 is 10.1 Å². The van der Waals surface area contributed by atoms with E-state index < -0.39 is 0 Å². The van der Waals surface area contributed by atoms with Crippen LogP contribution in [-0.4, -0.2) is 17.4 Å². The molecule has 0 aromatic heterocycles. The highest BCUT2D eigenvalue weighted by Crippen LogP contribution is 2.37. The molecule has 0 fully saturated rings. The van der Waals surface area contributed by atoms with Gasteiger partial charge in [0, 0.05) is 39.3 Å². The Bertz CT molecular complexity index is 1070. The molecule has 1 aliphatic heterocycles. The van der Waals surface area contributed by atoms with E-state index in [0.717, 1.165) is 28.2 Å². The fraction of sp³-hybridized carbons (Fsp3) is 0.208. The lowest BCUT2D eigenvalue weighted by atomic mass is 9.93. The molecule has 154 valence electrons. The van der Waals surface area contributed by atoms with Crippen molar-refractivity contribution in [3.05, 3.63) is 93.5 Å². The summed E-state index contributed by atoms with van der Waals surface area (Å²) in [6.45, 7) is 2.58. The highest BCUT2D eigenvalue weighted by atomic mass is 35.5. The number of nitrogens with zero attached hydrogens (tertiary/aromatic N) is 1. The van der Waals surface area contributed by atoms with E-state index in [1.54, 1.807) is 18.2 Å². The summed E-state index contributed by atoms with van der Waals surface area (Å²) in [5.74, 6) is 1.02. The zero-order chi connectivity index (χ0) is 21.1. The van der Waals surface area contributed by atoms with Crippen LogP contribution in [0.2, 0.25) is 10.0 Å². The number of aliphatic imine (C=N–C) groups is 1. The van der Waals surface area contributed by atoms with Crippen LogP contribution in [0.4, 0.5) is 0 Å². The van der Waals surface area contributed by atoms with E-state index in [4.69, 9.17) is 32.9 Å². The molecule has 0 amide bonds. The Morgan fingerprint density at radius 2 is 1.80 bits per heavy atom. The minimum Gasteiger partial charge on any atom is -0.508 e. The zero-order valence-electron chi connectivity index (χ0n) is 16.5. The summed E-state index contributed by atoms with van der Waals surface area (Å²) in [4.78, 5) is 4.95. The molecular formula is C24H22Cl2N2O2. The Hall–Kier alpha value is -2.53. The van der Waals surface area contributed by atoms with Gasteiger partial charge in [-0.05, 0) is 61.0 Å². The molecule has 4 rings (SSSR count). The zero-order valence-corrected chi connectivity index (χ0v) is 18.0. The third-order valence-electron chi connectivity index (χ3n) is 5.10. The van der Waals surface area contributed by atoms with Gasteiger partial charge in [-0.25, -0.2) is 0 Å². The molecule has 0 bridgehead atoms. The van der Waals surface area contributed by atoms with Gasteiger partial charge in [-0.1, -0.05) is 41.4 Å². The molecule has 1 aliphatic rings. The van der Waals surface area contributed by atoms with Gasteiger partial charge in [-0.3, -0.25) is 10.3 Å². The highest BCUT2D eigenvalue weighted by Gasteiger charge is 2.28. The number of nitrogens with one attached hydrogen (secondary N) is 1. The van der Waals surface area contributed by atoms with Crippen LogP contribution in [0.3, 0.4) is 0 Å². The summed E-state index contributed by atoms with van der Waals surface area (Å²) in [6, 6.07) is 20.5. The van der Waals surface area contributed by atoms with Crippen molar-refractivity contribution < 1.29 is 9.84 Å². The second-order valence-corrected chi connectivity index (χ2v) is 7.93. The van der Waals surface area contributed by atoms with Crippen molar-refractivity contribution in [2.45, 2.75) is 25.6 Å². The maximum atomic E-state index is 10.5. The lowest BCUT2D eigenvalue weighted by Gasteiger charge is -2.31. The van der Waals surface area contributed by atoms with E-state index >= 15 is 0 Å². The van der Waals surface area contributed by atoms with Crippen LogP contribution in [0, 0.1) is 0 Å². The second-order valence-electron chi connectivity index (χ2n) is 7.08. The molecule has 1 heterocycles. The average Bonchev–Trinajstić information content (AvgIpc) is 2.76. The topological polar surface area (TPSA) is 53.8 Å². The summed E-state index contributed by atoms with van der Waals surface area (Å²) in [6.07, 6.45) is 0.250. The molecule has 30 heavy (non-hydrogen) atoms. The van der Waals surface area contributed by atoms with Crippen LogP contribution in [0.15, 0.2) is 71.7 Å². The first kappa shape index (κ1) is 20.7. The average molecular weight is 441 g/mol. The minimum atomic E-state index is -0.350. The van der Waals surface area contributed by atoms with Crippen molar-refractivity contribution in [2.24, 2.45) is 4.99 Å². The van der Waals surface area contributed by atoms with Crippen LogP contribution in [0.25, 0.3) is 0 Å². The predicted octanol–water partition coefficient (Wildman–Crippen LogP) is 6.32. The van der Waals surface area contributed by atoms with Gasteiger partial charge in [-0.15, -0.1) is 0 Å². The number of phenols is 1. The molecule has 6 heteroatoms. The normalized spacial score (nSPS) is 18.7. The number of phenolic OH excluding ortho intramolecular Hbond substituents is 1. The standard InChI is InChI=1S/C24H22Cl2N2O2/c1-2-30-17-10-7-15(8-11-17)21-14-22(19-13-16(25)9-12-23(19)29)28-24(27-21)18-5-3-4-6-20(18)26/h3-13,22,24,28-29H,2,14H2,1H3. The third-order valence-corrected chi connectivity index (χ3v) is 5.68. The van der Waals surface area contributed by atoms with Gasteiger partial charge in [0.25, 0.3) is 0 Å². The van der Waals surface area contributed by atoms with Crippen molar-refractivity contribution in [2.75, 3.05) is 6.61 Å². The molecule has 0 spiro atoms. The van der Waals surface area contributed by atoms with E-state index in [2.05, 4.69) is 5.32 Å². The molecule has 4 nitrogen and oxygen atoms in total. The van der Waals surface area contributed by atoms with Gasteiger partial charge in [0.05, 0.1) is 6.61 Å². The smallest absolute Gasteiger partial charge is 0.127 e. The van der Waals surface area contributed by atoms with E-state index in [-0.39, 0.29) is 18.0 Å². The van der Waals surface area contributed by atoms with Crippen molar-refractivity contribution in [1.29, 1.82) is 0 Å². The number of benzene rings is 3. The van der Waals surface area contributed by atoms with Gasteiger partial charge >= 0.3 is 0 Å². The molecule has 3 aromatic rings. The predicted molar refractivity (Wildman–Crippen MR) is 122 cm³/mol. The Labute approximate surface area is 186 Å². The van der Waals surface area contributed by atoms with Crippen LogP contribution in [0.1, 0.15) is 42.2 Å². The van der Waals surface area contributed by atoms with Crippen molar-refractivity contribution in [3.63, 3.8) is 0 Å². The maximum Gasteiger partial charge on any atom is 0.127 e. The lowest BCUT2D eigenvalue weighted by molar-refractivity contribution is 0.340. The molecule has 0 saturated heterocycles. The fourth-order valence-corrected chi connectivity index (χ4v) is 4.07. The Kier molecular flexibility index (Phi) is 6.28. The molecule has 2 unspecified atom stereocenters. The van der Waals surface area contributed by atoms with Gasteiger partial charge < -0.3 is 9.84 Å². The lowest BCUT2D eigenvalue weighted by Crippen LogP contribution is -2.33. The number of rotatable bonds is 5. The summed E-state index contributed by atoms with van der Waals surface area (Å²) in [5.41, 5.74) is 3.54. The Morgan fingerprint density at radius 3 is 2.53 bits per heavy atom. The largest absolute Gasteiger partial charge is 0.508 e. The molecule has 0 aliphatic carbocycles. The van der Waals surface area contributed by atoms with Crippen molar-refractivity contribution >= 4 is 28.9 Å². The summed E-state index contributed by atoms with van der Waals surface area (Å²) >= 11 is 12.7. The fourth-order valence-electron chi connectivity index (χ4n) is 3.65. The van der Waals surface area contributed by atoms with E-state index in [0.29, 0.717) is 23.1 Å². The first-order valence-corrected chi connectivity index (χ1v) is 10.6. The first-order chi connectivity index (χ1) is 14.5. The van der Waals surface area contributed by atoms with Crippen molar-refractivity contribution in [3.8, 4) is 11.5 Å². The number of hydrogen-bond donors (Lipinski definition) is 2. The second kappa shape index (κ2) is 9.09. The number of halogens is 2. The number of aromatic hydroxyl groups is 1. The SMILES string of the molecule is CCOc1ccc(C2=NC(c3ccccc3Cl)NC(c3cc(Cl)ccc3O)C2)cc1. The van der Waals surface area contributed by atoms with E-state index in [1.165, 1.54) is 0 Å². The summed E-state index contributed by atoms with van der Waals surface area (Å²) in [7, 11) is 0. The molecular weight excluding hydrogens is 419 g/mol. The molecule has 2 N–H and O–H groups in total. The Balaban J connectivity index is 1.75. The van der Waals surface area contributed by atoms with Gasteiger partial charge in [-0.2, -0.15) is 0 Å². The van der Waals surface area contributed by atoms with Gasteiger partial charge in [0.15, 0.2) is 0 Å². The Morgan fingerprint density at radius 1 is 1.03 bits per heavy atom. The number of hydrogen-bond acceptors (Lipinski definition) is 4. The maximum absolute atomic E-state index is 10.5. The number of ether oxygens (including phenoxy) is 1. The quantitative estimate of drug-likeness (QED) is 0.487. The van der Waals surface area contributed by atoms with Gasteiger partial charge in [0.2, 0.25) is 0 Å². The van der Waals surface area contributed by atoms with E-state index in [9.17, 15) is 5.11 Å². The molecule has 3 aromatic carbocycles. The molecule has 0 radical (unpaired) electrons. The summed E-state index contributed by atoms with van der Waals surface area (Å²) in [5, 5.41) is 15.2. The molecule has 0 saturated carbocycles. The molecule has 2 atom stereocenters. The minimum absolute atomic E-state index is 0.177.